The van der Waals surface area contributed by atoms with Gasteiger partial charge >= 0.3 is 12.4 Å². The summed E-state index contributed by atoms with van der Waals surface area (Å²) < 4.78 is 80.5. The van der Waals surface area contributed by atoms with Gasteiger partial charge in [-0.05, 0) is 62.1 Å². The number of benzene rings is 1. The minimum Gasteiger partial charge on any atom is -0.380 e. The third kappa shape index (κ3) is 10.2. The number of aryl methyl sites for hydroxylation is 1. The van der Waals surface area contributed by atoms with Crippen molar-refractivity contribution in [2.75, 3.05) is 20.7 Å². The monoisotopic (exact) mass is 578 g/mol. The maximum absolute atomic E-state index is 12.4. The number of amides is 1. The fraction of sp³-hybridized carbons (Fsp3) is 0.593. The topological polar surface area (TPSA) is 76.5 Å². The summed E-state index contributed by atoms with van der Waals surface area (Å²) >= 11 is 0. The SMILES string of the molecule is CCCC1CC(NC)C1.COCc1cc(C(F)(F)F)cc(C(F)(F)F)c1.O=Cc1cc2n(n1)CCCN(C=O)C2. The lowest BCUT2D eigenvalue weighted by Crippen LogP contribution is -2.38. The number of halogens is 6. The number of carbonyl (C=O) groups excluding carboxylic acids is 2. The van der Waals surface area contributed by atoms with Crippen molar-refractivity contribution in [2.24, 2.45) is 5.92 Å². The van der Waals surface area contributed by atoms with Crippen molar-refractivity contribution in [1.82, 2.24) is 20.0 Å². The molecule has 0 unspecified atom stereocenters. The number of aldehydes is 1. The zero-order valence-electron chi connectivity index (χ0n) is 22.8. The Morgan fingerprint density at radius 2 is 1.65 bits per heavy atom. The summed E-state index contributed by atoms with van der Waals surface area (Å²) in [5, 5.41) is 7.39. The van der Waals surface area contributed by atoms with Crippen LogP contribution in [-0.4, -0.2) is 54.1 Å². The van der Waals surface area contributed by atoms with Crippen molar-refractivity contribution in [2.45, 2.75) is 77.1 Å². The highest BCUT2D eigenvalue weighted by Crippen LogP contribution is 2.36. The normalized spacial score (nSPS) is 18.7. The van der Waals surface area contributed by atoms with E-state index in [4.69, 9.17) is 0 Å². The minimum atomic E-state index is -4.82. The molecule has 2 heterocycles. The first kappa shape index (κ1) is 33.3. The molecule has 1 aromatic heterocycles. The lowest BCUT2D eigenvalue weighted by Gasteiger charge is -2.34. The molecule has 4 rings (SSSR count). The standard InChI is InChI=1S/C10H8F6O.C9H11N3O2.C8H17N/c1-17-5-6-2-7(9(11,12)13)4-8(3-6)10(14,15)16;13-6-8-4-9-5-11(7-14)2-1-3-12(9)10-8;1-3-4-7-5-8(6-7)9-2/h2-4H,5H2,1H3;4,6-7H,1-3,5H2;7-9H,3-6H2,1-2H3. The van der Waals surface area contributed by atoms with Crippen LogP contribution in [0.2, 0.25) is 0 Å². The lowest BCUT2D eigenvalue weighted by molar-refractivity contribution is -0.143. The van der Waals surface area contributed by atoms with Crippen LogP contribution in [-0.2, 0) is 41.6 Å². The highest BCUT2D eigenvalue weighted by Gasteiger charge is 2.36. The fourth-order valence-electron chi connectivity index (χ4n) is 4.54. The van der Waals surface area contributed by atoms with E-state index in [0.29, 0.717) is 24.4 Å². The molecule has 2 aliphatic rings. The Kier molecular flexibility index (Phi) is 12.6. The van der Waals surface area contributed by atoms with Crippen molar-refractivity contribution in [3.8, 4) is 0 Å². The molecule has 13 heteroatoms. The number of nitrogens with one attached hydrogen (secondary N) is 1. The van der Waals surface area contributed by atoms with E-state index >= 15 is 0 Å². The van der Waals surface area contributed by atoms with E-state index in [1.54, 1.807) is 15.6 Å². The number of carbonyl (C=O) groups is 2. The molecule has 0 bridgehead atoms. The van der Waals surface area contributed by atoms with Crippen molar-refractivity contribution >= 4 is 12.7 Å². The maximum Gasteiger partial charge on any atom is 0.416 e. The molecule has 1 N–H and O–H groups in total. The largest absolute Gasteiger partial charge is 0.416 e. The fourth-order valence-corrected chi connectivity index (χ4v) is 4.54. The zero-order valence-corrected chi connectivity index (χ0v) is 22.8. The second-order valence-electron chi connectivity index (χ2n) is 9.79. The molecule has 0 radical (unpaired) electrons. The first-order chi connectivity index (χ1) is 18.8. The number of ether oxygens (including phenoxy) is 1. The average molecular weight is 579 g/mol. The van der Waals surface area contributed by atoms with Gasteiger partial charge in [-0.3, -0.25) is 14.3 Å². The Hall–Kier alpha value is -2.93. The highest BCUT2D eigenvalue weighted by molar-refractivity contribution is 5.71. The van der Waals surface area contributed by atoms with Crippen LogP contribution >= 0.6 is 0 Å². The van der Waals surface area contributed by atoms with E-state index in [1.165, 1.54) is 32.8 Å². The third-order valence-electron chi connectivity index (χ3n) is 6.63. The van der Waals surface area contributed by atoms with Gasteiger partial charge in [0.1, 0.15) is 5.69 Å². The molecule has 1 saturated carbocycles. The van der Waals surface area contributed by atoms with Gasteiger partial charge in [0.15, 0.2) is 6.29 Å². The second kappa shape index (κ2) is 15.2. The van der Waals surface area contributed by atoms with Crippen molar-refractivity contribution in [3.63, 3.8) is 0 Å². The van der Waals surface area contributed by atoms with Gasteiger partial charge in [0, 0.05) is 26.2 Å². The molecule has 224 valence electrons. The molecule has 1 aromatic carbocycles. The summed E-state index contributed by atoms with van der Waals surface area (Å²) in [7, 11) is 3.25. The summed E-state index contributed by atoms with van der Waals surface area (Å²) in [5.41, 5.74) is -1.47. The lowest BCUT2D eigenvalue weighted by atomic mass is 9.78. The van der Waals surface area contributed by atoms with E-state index in [2.05, 4.69) is 29.1 Å². The molecular formula is C27H36F6N4O3. The molecule has 1 aliphatic carbocycles. The Bertz CT molecular complexity index is 1050. The van der Waals surface area contributed by atoms with Gasteiger partial charge in [-0.1, -0.05) is 19.8 Å². The van der Waals surface area contributed by atoms with Crippen molar-refractivity contribution in [3.05, 3.63) is 52.3 Å². The first-order valence-corrected chi connectivity index (χ1v) is 13.0. The van der Waals surface area contributed by atoms with Crippen LogP contribution in [0.15, 0.2) is 24.3 Å². The molecule has 0 saturated heterocycles. The number of methoxy groups -OCH3 is 1. The predicted molar refractivity (Wildman–Crippen MR) is 136 cm³/mol. The van der Waals surface area contributed by atoms with Crippen LogP contribution in [0.5, 0.6) is 0 Å². The van der Waals surface area contributed by atoms with Crippen molar-refractivity contribution in [1.29, 1.82) is 0 Å². The molecular weight excluding hydrogens is 542 g/mol. The van der Waals surface area contributed by atoms with E-state index in [1.807, 2.05) is 0 Å². The van der Waals surface area contributed by atoms with E-state index in [0.717, 1.165) is 49.9 Å². The van der Waals surface area contributed by atoms with E-state index in [9.17, 15) is 35.9 Å². The molecule has 1 amide bonds. The Balaban J connectivity index is 0.000000220. The van der Waals surface area contributed by atoms with Crippen LogP contribution in [0.25, 0.3) is 0 Å². The molecule has 0 atom stereocenters. The van der Waals surface area contributed by atoms with Gasteiger partial charge in [0.25, 0.3) is 0 Å². The molecule has 1 fully saturated rings. The van der Waals surface area contributed by atoms with Gasteiger partial charge in [-0.15, -0.1) is 0 Å². The van der Waals surface area contributed by atoms with Gasteiger partial charge in [-0.2, -0.15) is 31.4 Å². The van der Waals surface area contributed by atoms with E-state index in [-0.39, 0.29) is 18.2 Å². The molecule has 2 aromatic rings. The summed E-state index contributed by atoms with van der Waals surface area (Å²) in [5.74, 6) is 1.05. The Labute approximate surface area is 229 Å². The third-order valence-corrected chi connectivity index (χ3v) is 6.63. The van der Waals surface area contributed by atoms with E-state index < -0.39 is 23.5 Å². The molecule has 0 spiro atoms. The number of hydrogen-bond acceptors (Lipinski definition) is 5. The highest BCUT2D eigenvalue weighted by atomic mass is 19.4. The van der Waals surface area contributed by atoms with Gasteiger partial charge in [-0.25, -0.2) is 0 Å². The second-order valence-corrected chi connectivity index (χ2v) is 9.79. The van der Waals surface area contributed by atoms with Crippen LogP contribution in [0.4, 0.5) is 26.3 Å². The average Bonchev–Trinajstić information content (AvgIpc) is 3.16. The number of nitrogens with zero attached hydrogens (tertiary/aromatic N) is 3. The predicted octanol–water partition coefficient (Wildman–Crippen LogP) is 5.71. The number of aromatic nitrogens is 2. The zero-order chi connectivity index (χ0) is 29.9. The summed E-state index contributed by atoms with van der Waals surface area (Å²) in [6.45, 7) is 4.03. The Morgan fingerprint density at radius 3 is 2.12 bits per heavy atom. The van der Waals surface area contributed by atoms with Gasteiger partial charge in [0.2, 0.25) is 6.41 Å². The molecule has 1 aliphatic heterocycles. The summed E-state index contributed by atoms with van der Waals surface area (Å²) in [6, 6.07) is 3.94. The van der Waals surface area contributed by atoms with Gasteiger partial charge < -0.3 is 15.0 Å². The number of fused-ring (bicyclic) bond motifs is 1. The summed E-state index contributed by atoms with van der Waals surface area (Å²) in [6.07, 6.45) is -1.54. The number of hydrogen-bond donors (Lipinski definition) is 1. The smallest absolute Gasteiger partial charge is 0.380 e. The van der Waals surface area contributed by atoms with Crippen molar-refractivity contribution < 1.29 is 40.7 Å². The molecule has 7 nitrogen and oxygen atoms in total. The van der Waals surface area contributed by atoms with Crippen LogP contribution in [0.1, 0.15) is 71.9 Å². The Morgan fingerprint density at radius 1 is 1.02 bits per heavy atom. The van der Waals surface area contributed by atoms with Crippen LogP contribution < -0.4 is 5.32 Å². The van der Waals surface area contributed by atoms with Gasteiger partial charge in [0.05, 0.1) is 30.0 Å². The quantitative estimate of drug-likeness (QED) is 0.337. The van der Waals surface area contributed by atoms with Crippen LogP contribution in [0, 0.1) is 5.92 Å². The first-order valence-electron chi connectivity index (χ1n) is 13.0. The number of alkyl halides is 6. The maximum atomic E-state index is 12.4. The number of rotatable bonds is 7. The summed E-state index contributed by atoms with van der Waals surface area (Å²) in [4.78, 5) is 22.8. The van der Waals surface area contributed by atoms with Crippen LogP contribution in [0.3, 0.4) is 0 Å². The molecule has 40 heavy (non-hydrogen) atoms. The minimum absolute atomic E-state index is 0.0825.